The number of rotatable bonds is 7. The van der Waals surface area contributed by atoms with Gasteiger partial charge in [-0.3, -0.25) is 9.69 Å². The summed E-state index contributed by atoms with van der Waals surface area (Å²) in [7, 11) is 1.29. The third-order valence-corrected chi connectivity index (χ3v) is 12.5. The summed E-state index contributed by atoms with van der Waals surface area (Å²) < 4.78 is 4.76. The highest BCUT2D eigenvalue weighted by molar-refractivity contribution is 6.05. The number of nitrogens with zero attached hydrogens (tertiary/aromatic N) is 4. The number of methoxy groups -OCH3 is 1. The van der Waals surface area contributed by atoms with Crippen LogP contribution >= 0.6 is 0 Å². The van der Waals surface area contributed by atoms with E-state index in [2.05, 4.69) is 84.6 Å². The van der Waals surface area contributed by atoms with Gasteiger partial charge in [0.2, 0.25) is 5.91 Å². The van der Waals surface area contributed by atoms with Gasteiger partial charge >= 0.3 is 12.2 Å². The summed E-state index contributed by atoms with van der Waals surface area (Å²) in [6.07, 6.45) is 4.72. The third kappa shape index (κ3) is 5.77. The molecule has 5 atom stereocenters. The summed E-state index contributed by atoms with van der Waals surface area (Å²) in [5, 5.41) is 15.2. The number of benzene rings is 3. The van der Waals surface area contributed by atoms with Crippen LogP contribution < -0.4 is 5.32 Å². The molecule has 1 saturated carbocycles. The number of alkyl carbamates (subject to hydrolysis) is 1. The number of hydrogen-bond donors (Lipinski definition) is 4. The molecule has 3 aromatic carbocycles. The quantitative estimate of drug-likeness (QED) is 0.131. The van der Waals surface area contributed by atoms with Crippen molar-refractivity contribution in [3.8, 4) is 22.4 Å². The van der Waals surface area contributed by atoms with Crippen molar-refractivity contribution >= 4 is 39.9 Å². The molecule has 4 heterocycles. The number of carbonyl (C=O) groups excluding carboxylic acids is 2. The van der Waals surface area contributed by atoms with E-state index in [1.54, 1.807) is 4.90 Å². The number of carboxylic acid groups (broad SMARTS) is 1. The maximum Gasteiger partial charge on any atom is 0.408 e. The molecule has 12 nitrogen and oxygen atoms in total. The van der Waals surface area contributed by atoms with Gasteiger partial charge < -0.3 is 30.0 Å². The number of H-pyrrole nitrogens is 2. The second-order valence-electron chi connectivity index (χ2n) is 16.7. The Morgan fingerprint density at radius 2 is 1.72 bits per heavy atom. The zero-order valence-electron chi connectivity index (χ0n) is 31.8. The summed E-state index contributed by atoms with van der Waals surface area (Å²) in [5.41, 5.74) is 5.20. The van der Waals surface area contributed by atoms with Crippen molar-refractivity contribution in [2.24, 2.45) is 17.3 Å². The van der Waals surface area contributed by atoms with E-state index in [1.807, 2.05) is 31.0 Å². The van der Waals surface area contributed by atoms with Crippen LogP contribution in [0.1, 0.15) is 90.5 Å². The molecule has 2 aromatic heterocycles. The van der Waals surface area contributed by atoms with Gasteiger partial charge in [0, 0.05) is 11.9 Å². The molecule has 4 N–H and O–H groups in total. The Labute approximate surface area is 314 Å². The van der Waals surface area contributed by atoms with Gasteiger partial charge in [-0.2, -0.15) is 0 Å². The fourth-order valence-electron chi connectivity index (χ4n) is 9.55. The van der Waals surface area contributed by atoms with E-state index in [0.29, 0.717) is 6.54 Å². The summed E-state index contributed by atoms with van der Waals surface area (Å²) in [6.45, 7) is 10.9. The van der Waals surface area contributed by atoms with Crippen LogP contribution in [-0.2, 0) is 9.53 Å². The standard InChI is InChI=1S/C42H49N7O5/c1-23(2)33(47-39(51)54-6)38(50)48-19-7-8-32(48)36-43-22-31(45-36)25-11-9-24(10-12-25)26-13-15-29-27(20-26)14-16-30-34(29)46-37(44-30)35-28-17-18-42(21-28,41(3,4)5)49(35)40(52)53/h9-16,20,22-23,28,32-33,35H,7-8,17-19,21H2,1-6H3,(H,43,45)(H,44,46)(H,47,51)(H,52,53)/t28-,32-,33-,35-,42+/m0/s1. The fourth-order valence-corrected chi connectivity index (χ4v) is 9.55. The Morgan fingerprint density at radius 3 is 2.43 bits per heavy atom. The zero-order valence-corrected chi connectivity index (χ0v) is 31.8. The van der Waals surface area contributed by atoms with E-state index >= 15 is 0 Å². The molecule has 3 fully saturated rings. The lowest BCUT2D eigenvalue weighted by atomic mass is 9.72. The largest absolute Gasteiger partial charge is 0.465 e. The summed E-state index contributed by atoms with van der Waals surface area (Å²) >= 11 is 0. The van der Waals surface area contributed by atoms with Crippen LogP contribution in [0, 0.1) is 17.3 Å². The van der Waals surface area contributed by atoms with Crippen LogP contribution in [0.5, 0.6) is 0 Å². The Bertz CT molecular complexity index is 2250. The number of likely N-dealkylation sites (tertiary alicyclic amines) is 2. The van der Waals surface area contributed by atoms with Gasteiger partial charge in [0.1, 0.15) is 17.7 Å². The number of amides is 3. The van der Waals surface area contributed by atoms with Crippen LogP contribution in [0.2, 0.25) is 0 Å². The van der Waals surface area contributed by atoms with Crippen molar-refractivity contribution in [3.63, 3.8) is 0 Å². The van der Waals surface area contributed by atoms with Crippen molar-refractivity contribution in [2.45, 2.75) is 90.4 Å². The van der Waals surface area contributed by atoms with Gasteiger partial charge in [-0.1, -0.05) is 77.1 Å². The van der Waals surface area contributed by atoms with E-state index in [0.717, 1.165) is 87.9 Å². The Hall–Kier alpha value is -5.39. The zero-order chi connectivity index (χ0) is 38.1. The van der Waals surface area contributed by atoms with Crippen molar-refractivity contribution < 1.29 is 24.2 Å². The van der Waals surface area contributed by atoms with Gasteiger partial charge in [-0.05, 0) is 83.6 Å². The smallest absolute Gasteiger partial charge is 0.408 e. The maximum absolute atomic E-state index is 13.6. The number of ether oxygens (including phenoxy) is 1. The molecular weight excluding hydrogens is 683 g/mol. The minimum atomic E-state index is -0.871. The average molecular weight is 732 g/mol. The van der Waals surface area contributed by atoms with Crippen LogP contribution in [0.25, 0.3) is 44.2 Å². The number of piperidine rings is 1. The fraction of sp³-hybridized carbons (Fsp3) is 0.452. The molecule has 0 unspecified atom stereocenters. The maximum atomic E-state index is 13.6. The molecular formula is C42H49N7O5. The Kier molecular flexibility index (Phi) is 8.69. The van der Waals surface area contributed by atoms with Gasteiger partial charge in [0.05, 0.1) is 47.7 Å². The van der Waals surface area contributed by atoms with Crippen LogP contribution in [0.3, 0.4) is 0 Å². The lowest BCUT2D eigenvalue weighted by molar-refractivity contribution is -0.135. The number of imidazole rings is 2. The first-order valence-electron chi connectivity index (χ1n) is 19.0. The third-order valence-electron chi connectivity index (χ3n) is 12.5. The topological polar surface area (TPSA) is 157 Å². The molecule has 5 aromatic rings. The lowest BCUT2D eigenvalue weighted by Gasteiger charge is -2.48. The SMILES string of the molecule is COC(=O)N[C@H](C(=O)N1CCC[C@H]1c1ncc(-c2ccc(-c3ccc4c(ccc5[nH]c([C@@H]6[C@H]7CC[C@](C(C)(C)C)(C7)N6C(=O)O)nc54)c3)cc2)[nH]1)C(C)C. The number of hydrogen-bond acceptors (Lipinski definition) is 6. The first kappa shape index (κ1) is 35.6. The van der Waals surface area contributed by atoms with Crippen LogP contribution in [0.15, 0.2) is 60.8 Å². The first-order valence-corrected chi connectivity index (χ1v) is 19.0. The van der Waals surface area contributed by atoms with Gasteiger partial charge in [-0.15, -0.1) is 0 Å². The van der Waals surface area contributed by atoms with Crippen molar-refractivity contribution in [1.82, 2.24) is 35.1 Å². The van der Waals surface area contributed by atoms with Crippen molar-refractivity contribution in [2.75, 3.05) is 13.7 Å². The van der Waals surface area contributed by atoms with Crippen LogP contribution in [0.4, 0.5) is 9.59 Å². The number of aromatic amines is 2. The molecule has 2 aliphatic heterocycles. The van der Waals surface area contributed by atoms with E-state index < -0.39 is 18.2 Å². The normalized spacial score (nSPS) is 23.1. The second-order valence-corrected chi connectivity index (χ2v) is 16.7. The van der Waals surface area contributed by atoms with E-state index in [1.165, 1.54) is 7.11 Å². The molecule has 0 radical (unpaired) electrons. The molecule has 12 heteroatoms. The highest BCUT2D eigenvalue weighted by Gasteiger charge is 2.64. The Balaban J connectivity index is 1.01. The lowest BCUT2D eigenvalue weighted by Crippen LogP contribution is -2.56. The number of fused-ring (bicyclic) bond motifs is 5. The molecule has 0 spiro atoms. The highest BCUT2D eigenvalue weighted by Crippen LogP contribution is 2.62. The Morgan fingerprint density at radius 1 is 0.981 bits per heavy atom. The second kappa shape index (κ2) is 13.2. The number of nitrogens with one attached hydrogen (secondary N) is 3. The molecule has 1 aliphatic carbocycles. The predicted molar refractivity (Wildman–Crippen MR) is 207 cm³/mol. The molecule has 282 valence electrons. The average Bonchev–Trinajstić information content (AvgIpc) is 3.99. The monoisotopic (exact) mass is 731 g/mol. The van der Waals surface area contributed by atoms with E-state index in [-0.39, 0.29) is 40.8 Å². The molecule has 3 amide bonds. The van der Waals surface area contributed by atoms with Gasteiger partial charge in [0.25, 0.3) is 0 Å². The molecule has 2 saturated heterocycles. The first-order chi connectivity index (χ1) is 25.8. The van der Waals surface area contributed by atoms with E-state index in [4.69, 9.17) is 14.7 Å². The van der Waals surface area contributed by atoms with Gasteiger partial charge in [-0.25, -0.2) is 19.6 Å². The summed E-state index contributed by atoms with van der Waals surface area (Å²) in [6, 6.07) is 17.7. The minimum Gasteiger partial charge on any atom is -0.465 e. The number of carbonyl (C=O) groups is 3. The predicted octanol–water partition coefficient (Wildman–Crippen LogP) is 8.44. The number of aromatic nitrogens is 4. The molecule has 54 heavy (non-hydrogen) atoms. The van der Waals surface area contributed by atoms with Crippen LogP contribution in [-0.4, -0.2) is 78.2 Å². The molecule has 3 aliphatic rings. The molecule has 8 rings (SSSR count). The minimum absolute atomic E-state index is 0.101. The summed E-state index contributed by atoms with van der Waals surface area (Å²) in [4.78, 5) is 58.6. The van der Waals surface area contributed by atoms with E-state index in [9.17, 15) is 19.5 Å². The van der Waals surface area contributed by atoms with Gasteiger partial charge in [0.15, 0.2) is 0 Å². The van der Waals surface area contributed by atoms with Crippen molar-refractivity contribution in [1.29, 1.82) is 0 Å². The van der Waals surface area contributed by atoms with Crippen molar-refractivity contribution in [3.05, 3.63) is 72.4 Å². The highest BCUT2D eigenvalue weighted by atomic mass is 16.5. The summed E-state index contributed by atoms with van der Waals surface area (Å²) in [5.74, 6) is 1.47. The molecule has 2 bridgehead atoms.